The number of rotatable bonds is 1. The first-order chi connectivity index (χ1) is 10.9. The van der Waals surface area contributed by atoms with Crippen molar-refractivity contribution in [1.82, 2.24) is 0 Å². The van der Waals surface area contributed by atoms with Crippen LogP contribution in [-0.2, 0) is 9.53 Å². The van der Waals surface area contributed by atoms with Crippen LogP contribution in [0.5, 0.6) is 0 Å². The molecule has 0 radical (unpaired) electrons. The first kappa shape index (κ1) is 15.7. The third kappa shape index (κ3) is 1.90. The van der Waals surface area contributed by atoms with Gasteiger partial charge in [0.1, 0.15) is 0 Å². The maximum atomic E-state index is 12.6. The smallest absolute Gasteiger partial charge is 0.311 e. The molecule has 6 atom stereocenters. The van der Waals surface area contributed by atoms with Gasteiger partial charge in [-0.15, -0.1) is 0 Å². The third-order valence-corrected chi connectivity index (χ3v) is 8.71. The Balaban J connectivity index is 1.73. The number of carbonyl (C=O) groups is 1. The van der Waals surface area contributed by atoms with Gasteiger partial charge in [0.15, 0.2) is 0 Å². The molecule has 0 aromatic carbocycles. The summed E-state index contributed by atoms with van der Waals surface area (Å²) in [7, 11) is 1.57. The Morgan fingerprint density at radius 3 is 2.65 bits per heavy atom. The van der Waals surface area contributed by atoms with E-state index in [-0.39, 0.29) is 11.4 Å². The lowest BCUT2D eigenvalue weighted by molar-refractivity contribution is -0.183. The Morgan fingerprint density at radius 1 is 1.13 bits per heavy atom. The zero-order valence-corrected chi connectivity index (χ0v) is 15.1. The van der Waals surface area contributed by atoms with Crippen LogP contribution in [0.15, 0.2) is 12.2 Å². The fourth-order valence-electron chi connectivity index (χ4n) is 7.83. The second-order valence-corrected chi connectivity index (χ2v) is 9.59. The molecule has 4 aliphatic rings. The van der Waals surface area contributed by atoms with Crippen LogP contribution in [0.2, 0.25) is 0 Å². The summed E-state index contributed by atoms with van der Waals surface area (Å²) in [4.78, 5) is 12.6. The molecule has 4 fully saturated rings. The van der Waals surface area contributed by atoms with Gasteiger partial charge in [-0.2, -0.15) is 0 Å². The molecule has 0 unspecified atom stereocenters. The predicted molar refractivity (Wildman–Crippen MR) is 91.8 cm³/mol. The summed E-state index contributed by atoms with van der Waals surface area (Å²) in [6, 6.07) is 0. The number of hydrogen-bond acceptors (Lipinski definition) is 2. The van der Waals surface area contributed by atoms with Crippen LogP contribution in [0.1, 0.15) is 71.6 Å². The molecule has 0 amide bonds. The van der Waals surface area contributed by atoms with Crippen LogP contribution in [0, 0.1) is 34.0 Å². The zero-order valence-electron chi connectivity index (χ0n) is 15.1. The van der Waals surface area contributed by atoms with Crippen LogP contribution in [0.4, 0.5) is 0 Å². The number of ether oxygens (including phenoxy) is 1. The molecule has 2 nitrogen and oxygen atoms in total. The average molecular weight is 316 g/mol. The molecule has 1 spiro atoms. The van der Waals surface area contributed by atoms with Gasteiger partial charge in [0.05, 0.1) is 12.5 Å². The van der Waals surface area contributed by atoms with Crippen LogP contribution < -0.4 is 0 Å². The van der Waals surface area contributed by atoms with Gasteiger partial charge in [-0.3, -0.25) is 4.79 Å². The summed E-state index contributed by atoms with van der Waals surface area (Å²) in [5.41, 5.74) is 2.09. The quantitative estimate of drug-likeness (QED) is 0.495. The fourth-order valence-corrected chi connectivity index (χ4v) is 7.83. The Hall–Kier alpha value is -0.790. The molecular weight excluding hydrogens is 284 g/mol. The van der Waals surface area contributed by atoms with Crippen molar-refractivity contribution in [3.8, 4) is 0 Å². The summed E-state index contributed by atoms with van der Waals surface area (Å²) in [5.74, 6) is 2.11. The van der Waals surface area contributed by atoms with Crippen molar-refractivity contribution < 1.29 is 9.53 Å². The minimum Gasteiger partial charge on any atom is -0.469 e. The molecule has 0 saturated heterocycles. The monoisotopic (exact) mass is 316 g/mol. The van der Waals surface area contributed by atoms with Crippen molar-refractivity contribution in [1.29, 1.82) is 0 Å². The highest BCUT2D eigenvalue weighted by molar-refractivity contribution is 5.77. The number of esters is 1. The van der Waals surface area contributed by atoms with E-state index >= 15 is 0 Å². The molecular formula is C21H32O2. The second kappa shape index (κ2) is 4.86. The van der Waals surface area contributed by atoms with E-state index in [1.54, 1.807) is 7.11 Å². The Labute approximate surface area is 141 Å². The average Bonchev–Trinajstić information content (AvgIpc) is 2.75. The van der Waals surface area contributed by atoms with E-state index in [2.05, 4.69) is 20.4 Å². The molecule has 0 aromatic heterocycles. The molecule has 2 heteroatoms. The highest BCUT2D eigenvalue weighted by atomic mass is 16.5. The summed E-state index contributed by atoms with van der Waals surface area (Å²) >= 11 is 0. The molecule has 2 bridgehead atoms. The molecule has 0 aliphatic heterocycles. The number of carbonyl (C=O) groups excluding carboxylic acids is 1. The Morgan fingerprint density at radius 2 is 1.91 bits per heavy atom. The standard InChI is InChI=1S/C21H32O2/c1-14-12-21-11-8-16-19(2,17(21)7-6-15(14)13-21)9-5-10-20(16,3)18(22)23-4/h15-17H,1,5-13H2,2-4H3/t15-,16-,17+,19-,20+,21-/m0/s1. The van der Waals surface area contributed by atoms with Crippen LogP contribution >= 0.6 is 0 Å². The van der Waals surface area contributed by atoms with Crippen LogP contribution in [0.25, 0.3) is 0 Å². The maximum absolute atomic E-state index is 12.6. The van der Waals surface area contributed by atoms with Crippen molar-refractivity contribution in [2.45, 2.75) is 71.6 Å². The van der Waals surface area contributed by atoms with Gasteiger partial charge in [0.25, 0.3) is 0 Å². The normalized spacial score (nSPS) is 51.8. The minimum atomic E-state index is -0.268. The Kier molecular flexibility index (Phi) is 3.32. The largest absolute Gasteiger partial charge is 0.469 e. The first-order valence-corrected chi connectivity index (χ1v) is 9.62. The van der Waals surface area contributed by atoms with Crippen molar-refractivity contribution in [2.75, 3.05) is 7.11 Å². The van der Waals surface area contributed by atoms with Crippen molar-refractivity contribution >= 4 is 5.97 Å². The topological polar surface area (TPSA) is 26.3 Å². The van der Waals surface area contributed by atoms with Crippen molar-refractivity contribution in [3.05, 3.63) is 12.2 Å². The fraction of sp³-hybridized carbons (Fsp3) is 0.857. The number of fused-ring (bicyclic) bond motifs is 3. The zero-order chi connectivity index (χ0) is 16.5. The van der Waals surface area contributed by atoms with Crippen molar-refractivity contribution in [3.63, 3.8) is 0 Å². The van der Waals surface area contributed by atoms with Crippen LogP contribution in [-0.4, -0.2) is 13.1 Å². The van der Waals surface area contributed by atoms with E-state index in [4.69, 9.17) is 4.74 Å². The van der Waals surface area contributed by atoms with Gasteiger partial charge < -0.3 is 4.74 Å². The van der Waals surface area contributed by atoms with Gasteiger partial charge in [0.2, 0.25) is 0 Å². The van der Waals surface area contributed by atoms with Gasteiger partial charge in [-0.1, -0.05) is 25.5 Å². The van der Waals surface area contributed by atoms with E-state index in [1.165, 1.54) is 56.9 Å². The predicted octanol–water partition coefficient (Wildman–Crippen LogP) is 5.13. The Bertz CT molecular complexity index is 552. The van der Waals surface area contributed by atoms with Crippen LogP contribution in [0.3, 0.4) is 0 Å². The van der Waals surface area contributed by atoms with E-state index < -0.39 is 0 Å². The number of allylic oxidation sites excluding steroid dienone is 1. The maximum Gasteiger partial charge on any atom is 0.311 e. The van der Waals surface area contributed by atoms with E-state index in [1.807, 2.05) is 0 Å². The molecule has 128 valence electrons. The van der Waals surface area contributed by atoms with Gasteiger partial charge in [-0.25, -0.2) is 0 Å². The van der Waals surface area contributed by atoms with Gasteiger partial charge in [0, 0.05) is 0 Å². The van der Waals surface area contributed by atoms with Gasteiger partial charge in [-0.05, 0) is 86.9 Å². The first-order valence-electron chi connectivity index (χ1n) is 9.62. The summed E-state index contributed by atoms with van der Waals surface area (Å²) in [5, 5.41) is 0. The third-order valence-electron chi connectivity index (χ3n) is 8.71. The van der Waals surface area contributed by atoms with E-state index in [0.717, 1.165) is 18.3 Å². The molecule has 4 rings (SSSR count). The summed E-state index contributed by atoms with van der Waals surface area (Å²) in [6.07, 6.45) is 11.3. The lowest BCUT2D eigenvalue weighted by Crippen LogP contribution is -2.58. The van der Waals surface area contributed by atoms with Crippen molar-refractivity contribution in [2.24, 2.45) is 34.0 Å². The lowest BCUT2D eigenvalue weighted by atomic mass is 9.41. The molecule has 0 heterocycles. The molecule has 4 saturated carbocycles. The van der Waals surface area contributed by atoms with E-state index in [0.29, 0.717) is 16.7 Å². The second-order valence-electron chi connectivity index (χ2n) is 9.59. The highest BCUT2D eigenvalue weighted by Gasteiger charge is 2.65. The highest BCUT2D eigenvalue weighted by Crippen LogP contribution is 2.72. The molecule has 0 aromatic rings. The lowest BCUT2D eigenvalue weighted by Gasteiger charge is -2.63. The summed E-state index contributed by atoms with van der Waals surface area (Å²) < 4.78 is 5.25. The molecule has 23 heavy (non-hydrogen) atoms. The number of hydrogen-bond donors (Lipinski definition) is 0. The number of methoxy groups -OCH3 is 1. The molecule has 0 N–H and O–H groups in total. The van der Waals surface area contributed by atoms with Gasteiger partial charge >= 0.3 is 5.97 Å². The minimum absolute atomic E-state index is 0.0360. The van der Waals surface area contributed by atoms with E-state index in [9.17, 15) is 4.79 Å². The SMILES string of the molecule is C=C1C[C@]23CC[C@H]4[C@](C)(CCC[C@@]4(C)C(=O)OC)[C@H]2CC[C@H]1C3. The molecule has 4 aliphatic carbocycles. The summed E-state index contributed by atoms with van der Waals surface area (Å²) in [6.45, 7) is 9.12.